The van der Waals surface area contributed by atoms with Crippen molar-refractivity contribution in [1.82, 2.24) is 10.2 Å². The van der Waals surface area contributed by atoms with Crippen LogP contribution < -0.4 is 10.6 Å². The molecule has 1 aliphatic heterocycles. The summed E-state index contributed by atoms with van der Waals surface area (Å²) in [6.07, 6.45) is 0. The van der Waals surface area contributed by atoms with Gasteiger partial charge in [-0.2, -0.15) is 0 Å². The first-order valence-corrected chi connectivity index (χ1v) is 9.14. The monoisotopic (exact) mass is 339 g/mol. The molecule has 1 aromatic rings. The van der Waals surface area contributed by atoms with E-state index in [9.17, 15) is 18.0 Å². The Morgan fingerprint density at radius 2 is 2.13 bits per heavy atom. The molecule has 0 bridgehead atoms. The summed E-state index contributed by atoms with van der Waals surface area (Å²) < 4.78 is 23.9. The highest BCUT2D eigenvalue weighted by Crippen LogP contribution is 2.15. The Morgan fingerprint density at radius 3 is 2.74 bits per heavy atom. The number of carbonyl (C=O) groups is 2. The minimum absolute atomic E-state index is 0.0200. The molecule has 1 aromatic carbocycles. The van der Waals surface area contributed by atoms with E-state index in [-0.39, 0.29) is 24.2 Å². The zero-order valence-electron chi connectivity index (χ0n) is 13.2. The molecule has 3 amide bonds. The van der Waals surface area contributed by atoms with Crippen molar-refractivity contribution in [2.45, 2.75) is 24.9 Å². The average molecular weight is 339 g/mol. The van der Waals surface area contributed by atoms with Crippen LogP contribution in [0.4, 0.5) is 10.5 Å². The average Bonchev–Trinajstić information content (AvgIpc) is 2.91. The third-order valence-electron chi connectivity index (χ3n) is 3.61. The van der Waals surface area contributed by atoms with Crippen LogP contribution in [0.15, 0.2) is 24.3 Å². The molecule has 1 aliphatic rings. The van der Waals surface area contributed by atoms with Crippen molar-refractivity contribution in [2.24, 2.45) is 0 Å². The number of anilines is 1. The third kappa shape index (κ3) is 4.44. The summed E-state index contributed by atoms with van der Waals surface area (Å²) in [6, 6.07) is 6.55. The second-order valence-corrected chi connectivity index (χ2v) is 8.24. The van der Waals surface area contributed by atoms with E-state index in [0.29, 0.717) is 24.3 Å². The van der Waals surface area contributed by atoms with Gasteiger partial charge >= 0.3 is 6.03 Å². The molecule has 0 aliphatic carbocycles. The summed E-state index contributed by atoms with van der Waals surface area (Å²) in [7, 11) is -3.18. The fourth-order valence-corrected chi connectivity index (χ4v) is 3.13. The van der Waals surface area contributed by atoms with Crippen LogP contribution in [-0.2, 0) is 20.4 Å². The molecule has 126 valence electrons. The van der Waals surface area contributed by atoms with Crippen LogP contribution in [0.25, 0.3) is 0 Å². The Hall–Kier alpha value is -2.09. The van der Waals surface area contributed by atoms with Gasteiger partial charge < -0.3 is 10.6 Å². The van der Waals surface area contributed by atoms with Gasteiger partial charge in [0.2, 0.25) is 5.91 Å². The number of sulfone groups is 1. The minimum Gasteiger partial charge on any atom is -0.376 e. The van der Waals surface area contributed by atoms with Crippen molar-refractivity contribution in [2.75, 3.05) is 25.0 Å². The molecule has 0 saturated carbocycles. The number of hydrogen-bond donors (Lipinski definition) is 2. The van der Waals surface area contributed by atoms with E-state index in [1.54, 1.807) is 38.1 Å². The van der Waals surface area contributed by atoms with Crippen molar-refractivity contribution in [3.05, 3.63) is 29.8 Å². The molecule has 1 heterocycles. The van der Waals surface area contributed by atoms with Gasteiger partial charge in [0.1, 0.15) is 0 Å². The molecule has 0 radical (unpaired) electrons. The van der Waals surface area contributed by atoms with Crippen LogP contribution in [0, 0.1) is 0 Å². The van der Waals surface area contributed by atoms with Crippen molar-refractivity contribution in [3.8, 4) is 0 Å². The molecule has 1 fully saturated rings. The van der Waals surface area contributed by atoms with Gasteiger partial charge in [-0.15, -0.1) is 0 Å². The Morgan fingerprint density at radius 1 is 1.39 bits per heavy atom. The van der Waals surface area contributed by atoms with Gasteiger partial charge in [0, 0.05) is 18.8 Å². The van der Waals surface area contributed by atoms with E-state index < -0.39 is 15.1 Å². The SMILES string of the molecule is CC(C)S(=O)(=O)Cc1cccc(NCC(=O)N2CCNC2=O)c1. The number of benzene rings is 1. The van der Waals surface area contributed by atoms with Gasteiger partial charge in [-0.05, 0) is 31.5 Å². The van der Waals surface area contributed by atoms with Gasteiger partial charge in [-0.1, -0.05) is 12.1 Å². The molecule has 0 unspecified atom stereocenters. The summed E-state index contributed by atoms with van der Waals surface area (Å²) in [4.78, 5) is 24.5. The van der Waals surface area contributed by atoms with Gasteiger partial charge in [0.15, 0.2) is 9.84 Å². The lowest BCUT2D eigenvalue weighted by atomic mass is 10.2. The van der Waals surface area contributed by atoms with Crippen LogP contribution in [0.1, 0.15) is 19.4 Å². The number of nitrogens with one attached hydrogen (secondary N) is 2. The molecular weight excluding hydrogens is 318 g/mol. The fraction of sp³-hybridized carbons (Fsp3) is 0.467. The van der Waals surface area contributed by atoms with Crippen LogP contribution in [0.3, 0.4) is 0 Å². The first-order chi connectivity index (χ1) is 10.8. The second kappa shape index (κ2) is 6.99. The topological polar surface area (TPSA) is 95.6 Å². The Balaban J connectivity index is 1.98. The number of rotatable bonds is 6. The van der Waals surface area contributed by atoms with E-state index in [1.165, 1.54) is 0 Å². The lowest BCUT2D eigenvalue weighted by molar-refractivity contribution is -0.125. The lowest BCUT2D eigenvalue weighted by Gasteiger charge is -2.14. The largest absolute Gasteiger partial charge is 0.376 e. The molecule has 2 N–H and O–H groups in total. The third-order valence-corrected chi connectivity index (χ3v) is 5.79. The molecule has 8 heteroatoms. The molecule has 23 heavy (non-hydrogen) atoms. The normalized spacial score (nSPS) is 14.9. The van der Waals surface area contributed by atoms with Crippen molar-refractivity contribution < 1.29 is 18.0 Å². The second-order valence-electron chi connectivity index (χ2n) is 5.69. The highest BCUT2D eigenvalue weighted by atomic mass is 32.2. The number of amides is 3. The molecule has 2 rings (SSSR count). The van der Waals surface area contributed by atoms with E-state index in [0.717, 1.165) is 4.90 Å². The van der Waals surface area contributed by atoms with Crippen LogP contribution in [0.2, 0.25) is 0 Å². The lowest BCUT2D eigenvalue weighted by Crippen LogP contribution is -2.38. The molecule has 0 atom stereocenters. The van der Waals surface area contributed by atoms with Crippen molar-refractivity contribution >= 4 is 27.5 Å². The minimum atomic E-state index is -3.18. The van der Waals surface area contributed by atoms with Crippen LogP contribution in [0.5, 0.6) is 0 Å². The van der Waals surface area contributed by atoms with Gasteiger partial charge in [0.05, 0.1) is 17.5 Å². The molecule has 7 nitrogen and oxygen atoms in total. The maximum absolute atomic E-state index is 12.0. The van der Waals surface area contributed by atoms with E-state index in [2.05, 4.69) is 10.6 Å². The number of hydrogen-bond acceptors (Lipinski definition) is 5. The summed E-state index contributed by atoms with van der Waals surface area (Å²) in [5.74, 6) is -0.358. The fourth-order valence-electron chi connectivity index (χ4n) is 2.15. The quantitative estimate of drug-likeness (QED) is 0.805. The van der Waals surface area contributed by atoms with Crippen molar-refractivity contribution in [3.63, 3.8) is 0 Å². The van der Waals surface area contributed by atoms with Crippen LogP contribution in [-0.4, -0.2) is 50.1 Å². The van der Waals surface area contributed by atoms with E-state index >= 15 is 0 Å². The maximum atomic E-state index is 12.0. The molecular formula is C15H21N3O4S. The van der Waals surface area contributed by atoms with Gasteiger partial charge in [0.25, 0.3) is 0 Å². The number of imide groups is 1. The molecule has 1 saturated heterocycles. The first-order valence-electron chi connectivity index (χ1n) is 7.42. The number of urea groups is 1. The van der Waals surface area contributed by atoms with E-state index in [4.69, 9.17) is 0 Å². The molecule has 0 aromatic heterocycles. The summed E-state index contributed by atoms with van der Waals surface area (Å²) >= 11 is 0. The zero-order valence-corrected chi connectivity index (χ0v) is 14.0. The predicted molar refractivity (Wildman–Crippen MR) is 87.8 cm³/mol. The Kier molecular flexibility index (Phi) is 5.25. The zero-order chi connectivity index (χ0) is 17.0. The molecule has 0 spiro atoms. The summed E-state index contributed by atoms with van der Waals surface area (Å²) in [6.45, 7) is 4.11. The summed E-state index contributed by atoms with van der Waals surface area (Å²) in [5.41, 5.74) is 1.31. The van der Waals surface area contributed by atoms with Crippen LogP contribution >= 0.6 is 0 Å². The Labute approximate surface area is 136 Å². The van der Waals surface area contributed by atoms with Crippen molar-refractivity contribution in [1.29, 1.82) is 0 Å². The maximum Gasteiger partial charge on any atom is 0.324 e. The summed E-state index contributed by atoms with van der Waals surface area (Å²) in [5, 5.41) is 5.06. The standard InChI is InChI=1S/C15H21N3O4S/c1-11(2)23(21,22)10-12-4-3-5-13(8-12)17-9-14(19)18-7-6-16-15(18)20/h3-5,8,11,17H,6-7,9-10H2,1-2H3,(H,16,20). The highest BCUT2D eigenvalue weighted by molar-refractivity contribution is 7.91. The van der Waals surface area contributed by atoms with Gasteiger partial charge in [-0.25, -0.2) is 13.2 Å². The van der Waals surface area contributed by atoms with E-state index in [1.807, 2.05) is 0 Å². The number of nitrogens with zero attached hydrogens (tertiary/aromatic N) is 1. The highest BCUT2D eigenvalue weighted by Gasteiger charge is 2.25. The van der Waals surface area contributed by atoms with Gasteiger partial charge in [-0.3, -0.25) is 9.69 Å². The Bertz CT molecular complexity index is 700. The first kappa shape index (κ1) is 17.3. The smallest absolute Gasteiger partial charge is 0.324 e. The number of carbonyl (C=O) groups excluding carboxylic acids is 2. The predicted octanol–water partition coefficient (Wildman–Crippen LogP) is 0.973.